The number of hydrogen-bond acceptors (Lipinski definition) is 5. The third-order valence-electron chi connectivity index (χ3n) is 5.07. The first kappa shape index (κ1) is 21.1. The number of hydrogen-bond donors (Lipinski definition) is 2. The molecule has 8 nitrogen and oxygen atoms in total. The van der Waals surface area contributed by atoms with Gasteiger partial charge in [0.2, 0.25) is 0 Å². The summed E-state index contributed by atoms with van der Waals surface area (Å²) in [7, 11) is 1.18. The highest BCUT2D eigenvalue weighted by molar-refractivity contribution is 6.31. The standard InChI is InChI=1S/C16H20ClNO2.C2H5N3O2/c17-15-9-11(13-7-14(8-13)16(19)20)3-4-12(15)10-18-5-1-2-6-18;1-5(4-7)2(3)6/h3-4,9,13-14H,1-2,5-8,10H2,(H,19,20);1H3,(H2,3,6). The second kappa shape index (κ2) is 9.66. The molecule has 3 N–H and O–H groups in total. The Balaban J connectivity index is 0.000000321. The highest BCUT2D eigenvalue weighted by Gasteiger charge is 2.35. The molecule has 0 radical (unpaired) electrons. The van der Waals surface area contributed by atoms with E-state index in [1.54, 1.807) is 0 Å². The topological polar surface area (TPSA) is 116 Å². The minimum Gasteiger partial charge on any atom is -0.481 e. The van der Waals surface area contributed by atoms with E-state index in [0.717, 1.165) is 24.4 Å². The second-order valence-corrected chi connectivity index (χ2v) is 7.39. The van der Waals surface area contributed by atoms with Gasteiger partial charge in [-0.2, -0.15) is 5.01 Å². The summed E-state index contributed by atoms with van der Waals surface area (Å²) in [6.45, 7) is 3.27. The first-order valence-corrected chi connectivity index (χ1v) is 9.29. The van der Waals surface area contributed by atoms with Crippen molar-refractivity contribution in [3.8, 4) is 0 Å². The number of halogens is 1. The molecule has 9 heteroatoms. The number of carboxylic acids is 1. The van der Waals surface area contributed by atoms with Crippen LogP contribution in [-0.2, 0) is 11.3 Å². The summed E-state index contributed by atoms with van der Waals surface area (Å²) in [6.07, 6.45) is 4.07. The van der Waals surface area contributed by atoms with Gasteiger partial charge in [-0.3, -0.25) is 9.69 Å². The molecule has 1 saturated heterocycles. The molecule has 1 aromatic carbocycles. The lowest BCUT2D eigenvalue weighted by atomic mass is 9.71. The molecule has 0 aromatic heterocycles. The van der Waals surface area contributed by atoms with E-state index in [1.807, 2.05) is 6.07 Å². The third-order valence-corrected chi connectivity index (χ3v) is 5.42. The summed E-state index contributed by atoms with van der Waals surface area (Å²) in [6, 6.07) is 5.43. The number of carboxylic acid groups (broad SMARTS) is 1. The molecule has 0 unspecified atom stereocenters. The molecule has 0 bridgehead atoms. The average Bonchev–Trinajstić information content (AvgIpc) is 3.08. The van der Waals surface area contributed by atoms with Gasteiger partial charge >= 0.3 is 12.0 Å². The van der Waals surface area contributed by atoms with Crippen LogP contribution in [0.5, 0.6) is 0 Å². The van der Waals surface area contributed by atoms with E-state index in [9.17, 15) is 14.5 Å². The summed E-state index contributed by atoms with van der Waals surface area (Å²) in [5.74, 6) is -0.463. The van der Waals surface area contributed by atoms with Crippen LogP contribution in [0.4, 0.5) is 4.79 Å². The zero-order valence-corrected chi connectivity index (χ0v) is 16.1. The molecule has 0 atom stereocenters. The van der Waals surface area contributed by atoms with Gasteiger partial charge in [0.25, 0.3) is 0 Å². The van der Waals surface area contributed by atoms with Gasteiger partial charge in [0.05, 0.1) is 11.2 Å². The van der Waals surface area contributed by atoms with Gasteiger partial charge in [-0.05, 0) is 61.9 Å². The Morgan fingerprint density at radius 3 is 2.41 bits per heavy atom. The number of primary amides is 1. The smallest absolute Gasteiger partial charge is 0.337 e. The number of nitrogens with two attached hydrogens (primary N) is 1. The Bertz CT molecular complexity index is 688. The monoisotopic (exact) mass is 396 g/mol. The number of carbonyl (C=O) groups excluding carboxylic acids is 1. The average molecular weight is 397 g/mol. The zero-order chi connectivity index (χ0) is 20.0. The van der Waals surface area contributed by atoms with E-state index in [2.05, 4.69) is 28.1 Å². The minimum atomic E-state index is -0.852. The predicted molar refractivity (Wildman–Crippen MR) is 102 cm³/mol. The number of nitrogens with zero attached hydrogens (tertiary/aromatic N) is 3. The van der Waals surface area contributed by atoms with Crippen molar-refractivity contribution < 1.29 is 14.7 Å². The molecule has 148 valence electrons. The maximum atomic E-state index is 10.8. The van der Waals surface area contributed by atoms with Crippen LogP contribution in [0, 0.1) is 10.8 Å². The fourth-order valence-electron chi connectivity index (χ4n) is 3.26. The number of urea groups is 1. The molecule has 2 aliphatic rings. The Hall–Kier alpha value is -2.19. The highest BCUT2D eigenvalue weighted by Crippen LogP contribution is 2.42. The van der Waals surface area contributed by atoms with Crippen molar-refractivity contribution in [3.05, 3.63) is 39.3 Å². The van der Waals surface area contributed by atoms with Gasteiger partial charge in [0, 0.05) is 18.6 Å². The molecule has 1 aliphatic carbocycles. The molecule has 2 fully saturated rings. The van der Waals surface area contributed by atoms with Crippen LogP contribution < -0.4 is 5.73 Å². The Morgan fingerprint density at radius 1 is 1.33 bits per heavy atom. The Morgan fingerprint density at radius 2 is 1.96 bits per heavy atom. The number of amides is 2. The number of likely N-dealkylation sites (tertiary alicyclic amines) is 1. The molecule has 27 heavy (non-hydrogen) atoms. The van der Waals surface area contributed by atoms with E-state index in [0.29, 0.717) is 10.9 Å². The van der Waals surface area contributed by atoms with Crippen molar-refractivity contribution in [2.24, 2.45) is 16.9 Å². The fourth-order valence-corrected chi connectivity index (χ4v) is 3.51. The molecular formula is C18H25ClN4O4. The normalized spacial score (nSPS) is 21.6. The first-order valence-electron chi connectivity index (χ1n) is 8.91. The molecule has 2 amide bonds. The van der Waals surface area contributed by atoms with Crippen LogP contribution in [0.1, 0.15) is 42.7 Å². The lowest BCUT2D eigenvalue weighted by Gasteiger charge is -2.33. The number of aliphatic carboxylic acids is 1. The van der Waals surface area contributed by atoms with Crippen LogP contribution >= 0.6 is 11.6 Å². The van der Waals surface area contributed by atoms with Gasteiger partial charge in [0.1, 0.15) is 0 Å². The van der Waals surface area contributed by atoms with Crippen molar-refractivity contribution in [3.63, 3.8) is 0 Å². The minimum absolute atomic E-state index is 0.164. The van der Waals surface area contributed by atoms with Crippen LogP contribution in [0.2, 0.25) is 5.02 Å². The molecular weight excluding hydrogens is 372 g/mol. The molecule has 1 heterocycles. The summed E-state index contributed by atoms with van der Waals surface area (Å²) in [5.41, 5.74) is 6.92. The second-order valence-electron chi connectivity index (χ2n) is 6.98. The van der Waals surface area contributed by atoms with Crippen LogP contribution in [0.25, 0.3) is 0 Å². The van der Waals surface area contributed by atoms with Crippen molar-refractivity contribution in [1.29, 1.82) is 0 Å². The molecule has 3 rings (SSSR count). The summed E-state index contributed by atoms with van der Waals surface area (Å²) >= 11 is 6.39. The molecule has 1 aliphatic heterocycles. The third kappa shape index (κ3) is 5.90. The first-order chi connectivity index (χ1) is 12.8. The predicted octanol–water partition coefficient (Wildman–Crippen LogP) is 3.19. The SMILES string of the molecule is CN(N=O)C(N)=O.O=C(O)C1CC(c2ccc(CN3CCCC3)c(Cl)c2)C1. The lowest BCUT2D eigenvalue weighted by molar-refractivity contribution is -0.145. The number of rotatable bonds is 5. The van der Waals surface area contributed by atoms with Crippen molar-refractivity contribution in [1.82, 2.24) is 9.91 Å². The van der Waals surface area contributed by atoms with Gasteiger partial charge < -0.3 is 10.8 Å². The maximum absolute atomic E-state index is 10.8. The van der Waals surface area contributed by atoms with Crippen molar-refractivity contribution in [2.45, 2.75) is 38.1 Å². The van der Waals surface area contributed by atoms with E-state index < -0.39 is 12.0 Å². The fraction of sp³-hybridized carbons (Fsp3) is 0.556. The van der Waals surface area contributed by atoms with Gasteiger partial charge in [-0.25, -0.2) is 4.79 Å². The van der Waals surface area contributed by atoms with E-state index in [1.165, 1.54) is 44.1 Å². The van der Waals surface area contributed by atoms with Crippen LogP contribution in [-0.4, -0.2) is 47.2 Å². The van der Waals surface area contributed by atoms with Gasteiger partial charge in [0.15, 0.2) is 0 Å². The van der Waals surface area contributed by atoms with E-state index in [-0.39, 0.29) is 5.92 Å². The Labute approximate surface area is 163 Å². The largest absolute Gasteiger partial charge is 0.481 e. The van der Waals surface area contributed by atoms with Crippen molar-refractivity contribution >= 4 is 23.6 Å². The van der Waals surface area contributed by atoms with E-state index in [4.69, 9.17) is 16.7 Å². The molecule has 0 spiro atoms. The van der Waals surface area contributed by atoms with E-state index >= 15 is 0 Å². The lowest BCUT2D eigenvalue weighted by Crippen LogP contribution is -2.28. The van der Waals surface area contributed by atoms with Gasteiger partial charge in [-0.15, -0.1) is 4.91 Å². The quantitative estimate of drug-likeness (QED) is 0.585. The zero-order valence-electron chi connectivity index (χ0n) is 15.3. The highest BCUT2D eigenvalue weighted by atomic mass is 35.5. The number of nitroso groups, excluding NO2 is 1. The molecule has 1 saturated carbocycles. The van der Waals surface area contributed by atoms with Crippen molar-refractivity contribution in [2.75, 3.05) is 20.1 Å². The maximum Gasteiger partial charge on any atom is 0.337 e. The van der Waals surface area contributed by atoms with Gasteiger partial charge in [-0.1, -0.05) is 23.7 Å². The summed E-state index contributed by atoms with van der Waals surface area (Å²) < 4.78 is 0. The number of benzene rings is 1. The van der Waals surface area contributed by atoms with Crippen LogP contribution in [0.15, 0.2) is 23.5 Å². The summed E-state index contributed by atoms with van der Waals surface area (Å²) in [5, 5.41) is 12.4. The number of carbonyl (C=O) groups is 2. The molecule has 1 aromatic rings. The van der Waals surface area contributed by atoms with Crippen LogP contribution in [0.3, 0.4) is 0 Å². The summed E-state index contributed by atoms with van der Waals surface area (Å²) in [4.78, 5) is 32.4. The Kier molecular flexibility index (Phi) is 7.55.